The lowest BCUT2D eigenvalue weighted by molar-refractivity contribution is -0.147. The van der Waals surface area contributed by atoms with Crippen LogP contribution < -0.4 is 4.74 Å². The van der Waals surface area contributed by atoms with Crippen molar-refractivity contribution in [1.29, 1.82) is 0 Å². The first-order chi connectivity index (χ1) is 16.5. The van der Waals surface area contributed by atoms with Gasteiger partial charge in [-0.3, -0.25) is 4.79 Å². The average molecular weight is 515 g/mol. The number of ether oxygens (including phenoxy) is 2. The fourth-order valence-corrected chi connectivity index (χ4v) is 4.53. The van der Waals surface area contributed by atoms with Crippen LogP contribution in [0.25, 0.3) is 0 Å². The van der Waals surface area contributed by atoms with Gasteiger partial charge < -0.3 is 14.6 Å². The van der Waals surface area contributed by atoms with E-state index in [2.05, 4.69) is 31.7 Å². The van der Waals surface area contributed by atoms with Crippen LogP contribution in [0.4, 0.5) is 13.2 Å². The summed E-state index contributed by atoms with van der Waals surface area (Å²) in [4.78, 5) is 11.6. The molecule has 0 spiro atoms. The number of alkyl halides is 3. The number of aliphatic hydroxyl groups excluding tert-OH is 1. The topological polar surface area (TPSA) is 55.8 Å². The lowest BCUT2D eigenvalue weighted by atomic mass is 9.87. The molecule has 1 N–H and O–H groups in total. The maximum Gasteiger partial charge on any atom is 0.416 e. The van der Waals surface area contributed by atoms with Crippen molar-refractivity contribution in [3.8, 4) is 5.75 Å². The molecule has 8 heteroatoms. The summed E-state index contributed by atoms with van der Waals surface area (Å²) < 4.78 is 49.2. The Balaban J connectivity index is 1.82. The van der Waals surface area contributed by atoms with Crippen LogP contribution in [0.2, 0.25) is 0 Å². The van der Waals surface area contributed by atoms with Crippen LogP contribution in [0, 0.1) is 17.8 Å². The number of hydrogen-bond acceptors (Lipinski definition) is 5. The Hall–Kier alpha value is -1.93. The molecule has 4 nitrogen and oxygen atoms in total. The number of thiol groups is 1. The summed E-state index contributed by atoms with van der Waals surface area (Å²) in [6, 6.07) is 4.80. The number of carbonyl (C=O) groups excluding carboxylic acids is 1. The Kier molecular flexibility index (Phi) is 11.7. The highest BCUT2D eigenvalue weighted by Crippen LogP contribution is 2.40. The smallest absolute Gasteiger partial charge is 0.416 e. The molecule has 0 heterocycles. The quantitative estimate of drug-likeness (QED) is 0.142. The zero-order valence-corrected chi connectivity index (χ0v) is 21.5. The van der Waals surface area contributed by atoms with Gasteiger partial charge in [-0.1, -0.05) is 37.3 Å². The molecule has 0 radical (unpaired) electrons. The molecule has 0 saturated heterocycles. The molecule has 1 fully saturated rings. The number of allylic oxidation sites excluding steroid dienone is 3. The zero-order valence-electron chi connectivity index (χ0n) is 20.6. The summed E-state index contributed by atoms with van der Waals surface area (Å²) >= 11 is 4.50. The number of benzene rings is 1. The second-order valence-electron chi connectivity index (χ2n) is 9.45. The monoisotopic (exact) mass is 514 g/mol. The van der Waals surface area contributed by atoms with E-state index in [9.17, 15) is 23.1 Å². The number of unbranched alkanes of at least 4 members (excludes halogenated alkanes) is 1. The second-order valence-corrected chi connectivity index (χ2v) is 10.1. The van der Waals surface area contributed by atoms with Crippen molar-refractivity contribution in [1.82, 2.24) is 0 Å². The van der Waals surface area contributed by atoms with Gasteiger partial charge in [-0.25, -0.2) is 0 Å². The van der Waals surface area contributed by atoms with Gasteiger partial charge >= 0.3 is 12.1 Å². The summed E-state index contributed by atoms with van der Waals surface area (Å²) in [6.45, 7) is 5.90. The van der Waals surface area contributed by atoms with Crippen molar-refractivity contribution >= 4 is 18.6 Å². The molecule has 0 bridgehead atoms. The van der Waals surface area contributed by atoms with E-state index in [0.717, 1.165) is 31.4 Å². The predicted molar refractivity (Wildman–Crippen MR) is 134 cm³/mol. The van der Waals surface area contributed by atoms with Gasteiger partial charge in [0, 0.05) is 6.42 Å². The minimum absolute atomic E-state index is 0.0772. The molecular formula is C27H37F3O4S. The lowest BCUT2D eigenvalue weighted by Crippen LogP contribution is -2.19. The normalized spacial score (nSPS) is 23.9. The average Bonchev–Trinajstić information content (AvgIpc) is 3.04. The fraction of sp³-hybridized carbons (Fsp3) is 0.593. The zero-order chi connectivity index (χ0) is 26.0. The summed E-state index contributed by atoms with van der Waals surface area (Å²) in [5, 5.41) is 10.2. The van der Waals surface area contributed by atoms with Crippen LogP contribution >= 0.6 is 12.6 Å². The third-order valence-electron chi connectivity index (χ3n) is 6.09. The molecule has 1 saturated carbocycles. The largest absolute Gasteiger partial charge is 0.492 e. The highest BCUT2D eigenvalue weighted by molar-refractivity contribution is 7.81. The van der Waals surface area contributed by atoms with E-state index >= 15 is 0 Å². The van der Waals surface area contributed by atoms with Crippen molar-refractivity contribution in [3.63, 3.8) is 0 Å². The van der Waals surface area contributed by atoms with Gasteiger partial charge in [-0.15, -0.1) is 0 Å². The standard InChI is InChI=1S/C27H37F3O4S/c1-18(2)34-26(32)12-7-5-4-6-11-24-23(19(3)15-25(24)31)14-13-22(35)17-33-21-10-8-9-20(16-21)27(28,29)30/h4,6,8-10,13-14,16,18-19,22-25,31,35H,5,7,11-12,15,17H2,1-3H3/b6-4-,14-13+/t19-,22-,23+,24-,25+/m1/s1. The van der Waals surface area contributed by atoms with E-state index in [1.165, 1.54) is 12.1 Å². The van der Waals surface area contributed by atoms with Crippen LogP contribution in [-0.2, 0) is 15.7 Å². The van der Waals surface area contributed by atoms with E-state index in [1.54, 1.807) is 0 Å². The molecule has 196 valence electrons. The van der Waals surface area contributed by atoms with Gasteiger partial charge in [0.2, 0.25) is 0 Å². The summed E-state index contributed by atoms with van der Waals surface area (Å²) in [5.41, 5.74) is -0.749. The van der Waals surface area contributed by atoms with Crippen LogP contribution in [0.3, 0.4) is 0 Å². The number of esters is 1. The van der Waals surface area contributed by atoms with E-state index in [4.69, 9.17) is 9.47 Å². The van der Waals surface area contributed by atoms with Crippen LogP contribution in [-0.4, -0.2) is 35.1 Å². The Morgan fingerprint density at radius 2 is 2.03 bits per heavy atom. The van der Waals surface area contributed by atoms with Gasteiger partial charge in [0.15, 0.2) is 0 Å². The third kappa shape index (κ3) is 10.3. The van der Waals surface area contributed by atoms with Crippen molar-refractivity contribution in [2.75, 3.05) is 6.61 Å². The molecule has 35 heavy (non-hydrogen) atoms. The van der Waals surface area contributed by atoms with Crippen molar-refractivity contribution in [3.05, 3.63) is 54.1 Å². The number of carbonyl (C=O) groups is 1. The van der Waals surface area contributed by atoms with Gasteiger partial charge in [-0.05, 0) is 75.5 Å². The molecule has 0 unspecified atom stereocenters. The minimum Gasteiger partial charge on any atom is -0.492 e. The third-order valence-corrected chi connectivity index (χ3v) is 6.41. The van der Waals surface area contributed by atoms with Gasteiger partial charge in [0.05, 0.1) is 23.0 Å². The first-order valence-electron chi connectivity index (χ1n) is 12.2. The summed E-state index contributed by atoms with van der Waals surface area (Å²) in [6.07, 6.45) is 6.48. The Bertz CT molecular complexity index is 853. The molecule has 0 amide bonds. The predicted octanol–water partition coefficient (Wildman–Crippen LogP) is 6.64. The highest BCUT2D eigenvalue weighted by Gasteiger charge is 2.37. The van der Waals surface area contributed by atoms with Crippen molar-refractivity contribution in [2.45, 2.75) is 76.5 Å². The number of hydrogen-bond donors (Lipinski definition) is 2. The molecule has 1 aliphatic rings. The Labute approximate surface area is 212 Å². The number of halogens is 3. The highest BCUT2D eigenvalue weighted by atomic mass is 32.1. The van der Waals surface area contributed by atoms with Crippen LogP contribution in [0.5, 0.6) is 5.75 Å². The molecule has 1 aromatic rings. The Morgan fingerprint density at radius 1 is 1.29 bits per heavy atom. The van der Waals surface area contributed by atoms with E-state index in [-0.39, 0.29) is 41.5 Å². The number of rotatable bonds is 12. The SMILES string of the molecule is CC(C)OC(=O)CCC/C=C\C[C@@H]1[C@@H](/C=C/[C@@H](S)COc2cccc(C(F)(F)F)c2)[C@H](C)C[C@@H]1O. The maximum atomic E-state index is 12.9. The van der Waals surface area contributed by atoms with Crippen LogP contribution in [0.1, 0.15) is 58.4 Å². The molecular weight excluding hydrogens is 477 g/mol. The van der Waals surface area contributed by atoms with Crippen molar-refractivity contribution < 1.29 is 32.5 Å². The lowest BCUT2D eigenvalue weighted by Gasteiger charge is -2.20. The van der Waals surface area contributed by atoms with E-state index in [0.29, 0.717) is 18.8 Å². The molecule has 0 aliphatic heterocycles. The molecule has 0 aromatic heterocycles. The minimum atomic E-state index is -4.41. The van der Waals surface area contributed by atoms with E-state index < -0.39 is 17.8 Å². The fourth-order valence-electron chi connectivity index (χ4n) is 4.35. The summed E-state index contributed by atoms with van der Waals surface area (Å²) in [7, 11) is 0. The second kappa shape index (κ2) is 14.0. The van der Waals surface area contributed by atoms with Crippen molar-refractivity contribution in [2.24, 2.45) is 17.8 Å². The number of aliphatic hydroxyl groups is 1. The first kappa shape index (κ1) is 29.3. The first-order valence-corrected chi connectivity index (χ1v) is 12.7. The van der Waals surface area contributed by atoms with E-state index in [1.807, 2.05) is 26.0 Å². The van der Waals surface area contributed by atoms with Gasteiger partial charge in [-0.2, -0.15) is 25.8 Å². The Morgan fingerprint density at radius 3 is 2.71 bits per heavy atom. The molecule has 5 atom stereocenters. The van der Waals surface area contributed by atoms with Gasteiger partial charge in [0.25, 0.3) is 0 Å². The van der Waals surface area contributed by atoms with Gasteiger partial charge in [0.1, 0.15) is 12.4 Å². The molecule has 1 aliphatic carbocycles. The maximum absolute atomic E-state index is 12.9. The molecule has 1 aromatic carbocycles. The summed E-state index contributed by atoms with van der Waals surface area (Å²) in [5.74, 6) is 0.511. The molecule has 2 rings (SSSR count). The van der Waals surface area contributed by atoms with Crippen LogP contribution in [0.15, 0.2) is 48.6 Å².